The van der Waals surface area contributed by atoms with Crippen LogP contribution in [-0.4, -0.2) is 65.8 Å². The molecule has 14 heteroatoms. The van der Waals surface area contributed by atoms with E-state index < -0.39 is 33.6 Å². The highest BCUT2D eigenvalue weighted by molar-refractivity contribution is 7.89. The second-order valence-electron chi connectivity index (χ2n) is 9.70. The van der Waals surface area contributed by atoms with Gasteiger partial charge in [0.2, 0.25) is 10.0 Å². The lowest BCUT2D eigenvalue weighted by Gasteiger charge is -2.31. The molecule has 0 radical (unpaired) electrons. The molecule has 42 heavy (non-hydrogen) atoms. The first kappa shape index (κ1) is 29.6. The van der Waals surface area contributed by atoms with Gasteiger partial charge in [-0.3, -0.25) is 4.98 Å². The number of nitrogens with zero attached hydrogens (tertiary/aromatic N) is 5. The molecule has 3 heterocycles. The molecule has 1 fully saturated rings. The Morgan fingerprint density at radius 1 is 0.714 bits per heavy atom. The van der Waals surface area contributed by atoms with E-state index in [0.717, 1.165) is 24.3 Å². The van der Waals surface area contributed by atoms with Crippen molar-refractivity contribution in [3.8, 4) is 33.9 Å². The van der Waals surface area contributed by atoms with Crippen LogP contribution in [0.2, 0.25) is 0 Å². The molecular formula is C28H23F6N5O2S. The third-order valence-corrected chi connectivity index (χ3v) is 8.67. The van der Waals surface area contributed by atoms with Crippen LogP contribution in [0.3, 0.4) is 0 Å². The summed E-state index contributed by atoms with van der Waals surface area (Å²) in [6.07, 6.45) is -8.14. The molecule has 0 aliphatic carbocycles. The number of pyridine rings is 1. The van der Waals surface area contributed by atoms with Crippen LogP contribution in [0.1, 0.15) is 11.3 Å². The zero-order chi connectivity index (χ0) is 30.3. The standard InChI is InChI=1S/C28H23F6N5O2S/c1-38-11-13-39(14-12-38)42(40,41)22-4-2-3-19(15-22)23-16-20(9-10-35-23)26-36-24(17-25(37-26)28(32,33)34)18-5-7-21(8-6-18)27(29,30)31/h2-10,15-17H,11-14H2,1H3. The van der Waals surface area contributed by atoms with Crippen LogP contribution < -0.4 is 0 Å². The summed E-state index contributed by atoms with van der Waals surface area (Å²) in [7, 11) is -1.88. The maximum atomic E-state index is 13.8. The Kier molecular flexibility index (Phi) is 7.81. The van der Waals surface area contributed by atoms with E-state index in [1.54, 1.807) is 12.1 Å². The predicted octanol–water partition coefficient (Wildman–Crippen LogP) is 5.85. The zero-order valence-electron chi connectivity index (χ0n) is 22.0. The van der Waals surface area contributed by atoms with E-state index in [2.05, 4.69) is 15.0 Å². The Balaban J connectivity index is 1.52. The number of piperazine rings is 1. The largest absolute Gasteiger partial charge is 0.433 e. The average molecular weight is 608 g/mol. The molecule has 1 aliphatic rings. The number of sulfonamides is 1. The smallest absolute Gasteiger partial charge is 0.304 e. The highest BCUT2D eigenvalue weighted by Gasteiger charge is 2.34. The van der Waals surface area contributed by atoms with Crippen molar-refractivity contribution in [1.82, 2.24) is 24.2 Å². The van der Waals surface area contributed by atoms with Gasteiger partial charge in [-0.2, -0.15) is 30.6 Å². The summed E-state index contributed by atoms with van der Waals surface area (Å²) in [6.45, 7) is 1.86. The Labute approximate surface area is 237 Å². The van der Waals surface area contributed by atoms with E-state index in [0.29, 0.717) is 37.8 Å². The number of aromatic nitrogens is 3. The molecule has 0 amide bonds. The second kappa shape index (κ2) is 11.1. The summed E-state index contributed by atoms with van der Waals surface area (Å²) in [5, 5.41) is 0. The zero-order valence-corrected chi connectivity index (χ0v) is 22.8. The van der Waals surface area contributed by atoms with Gasteiger partial charge in [-0.1, -0.05) is 24.3 Å². The molecule has 220 valence electrons. The number of alkyl halides is 6. The van der Waals surface area contributed by atoms with Gasteiger partial charge >= 0.3 is 12.4 Å². The quantitative estimate of drug-likeness (QED) is 0.265. The van der Waals surface area contributed by atoms with Gasteiger partial charge < -0.3 is 4.90 Å². The van der Waals surface area contributed by atoms with E-state index in [-0.39, 0.29) is 33.2 Å². The molecule has 0 saturated carbocycles. The average Bonchev–Trinajstić information content (AvgIpc) is 2.96. The van der Waals surface area contributed by atoms with E-state index in [1.165, 1.54) is 34.8 Å². The minimum atomic E-state index is -4.86. The van der Waals surface area contributed by atoms with Gasteiger partial charge in [0.05, 0.1) is 21.8 Å². The maximum Gasteiger partial charge on any atom is 0.433 e. The van der Waals surface area contributed by atoms with Crippen LogP contribution in [-0.2, 0) is 22.4 Å². The lowest BCUT2D eigenvalue weighted by atomic mass is 10.1. The van der Waals surface area contributed by atoms with Crippen LogP contribution in [0.5, 0.6) is 0 Å². The van der Waals surface area contributed by atoms with Crippen LogP contribution in [0.25, 0.3) is 33.9 Å². The van der Waals surface area contributed by atoms with Gasteiger partial charge in [0.25, 0.3) is 0 Å². The Hall–Kier alpha value is -3.88. The number of likely N-dealkylation sites (N-methyl/N-ethyl adjacent to an activating group) is 1. The van der Waals surface area contributed by atoms with Crippen molar-refractivity contribution in [2.75, 3.05) is 33.2 Å². The van der Waals surface area contributed by atoms with E-state index in [4.69, 9.17) is 0 Å². The monoisotopic (exact) mass is 607 g/mol. The summed E-state index contributed by atoms with van der Waals surface area (Å²) in [5.74, 6) is -0.329. The molecule has 1 aliphatic heterocycles. The molecule has 0 unspecified atom stereocenters. The molecule has 7 nitrogen and oxygen atoms in total. The lowest BCUT2D eigenvalue weighted by molar-refractivity contribution is -0.141. The Morgan fingerprint density at radius 2 is 1.40 bits per heavy atom. The highest BCUT2D eigenvalue weighted by atomic mass is 32.2. The third kappa shape index (κ3) is 6.30. The summed E-state index contributed by atoms with van der Waals surface area (Å²) in [5.41, 5.74) is -1.60. The maximum absolute atomic E-state index is 13.8. The van der Waals surface area contributed by atoms with Gasteiger partial charge in [0, 0.05) is 49.1 Å². The Bertz CT molecular complexity index is 1700. The number of halogens is 6. The summed E-state index contributed by atoms with van der Waals surface area (Å²) in [6, 6.07) is 13.2. The second-order valence-corrected chi connectivity index (χ2v) is 11.6. The molecule has 4 aromatic rings. The molecule has 5 rings (SSSR count). The number of hydrogen-bond donors (Lipinski definition) is 0. The minimum Gasteiger partial charge on any atom is -0.304 e. The Morgan fingerprint density at radius 3 is 2.05 bits per heavy atom. The normalized spacial score (nSPS) is 15.6. The van der Waals surface area contributed by atoms with Crippen molar-refractivity contribution in [3.63, 3.8) is 0 Å². The molecule has 0 N–H and O–H groups in total. The molecule has 0 atom stereocenters. The third-order valence-electron chi connectivity index (χ3n) is 6.77. The SMILES string of the molecule is CN1CCN(S(=O)(=O)c2cccc(-c3cc(-c4nc(-c5ccc(C(F)(F)F)cc5)cc(C(F)(F)F)n4)ccn3)c2)CC1. The molecule has 2 aromatic carbocycles. The van der Waals surface area contributed by atoms with Gasteiger partial charge in [0.15, 0.2) is 5.82 Å². The van der Waals surface area contributed by atoms with Gasteiger partial charge in [-0.25, -0.2) is 18.4 Å². The topological polar surface area (TPSA) is 79.3 Å². The van der Waals surface area contributed by atoms with E-state index >= 15 is 0 Å². The highest BCUT2D eigenvalue weighted by Crippen LogP contribution is 2.35. The van der Waals surface area contributed by atoms with Gasteiger partial charge in [-0.05, 0) is 49.5 Å². The predicted molar refractivity (Wildman–Crippen MR) is 142 cm³/mol. The number of rotatable bonds is 5. The van der Waals surface area contributed by atoms with Crippen molar-refractivity contribution < 1.29 is 34.8 Å². The van der Waals surface area contributed by atoms with Crippen molar-refractivity contribution in [3.05, 3.63) is 84.2 Å². The van der Waals surface area contributed by atoms with Crippen LogP contribution in [0.15, 0.2) is 77.8 Å². The van der Waals surface area contributed by atoms with Crippen LogP contribution >= 0.6 is 0 Å². The lowest BCUT2D eigenvalue weighted by Crippen LogP contribution is -2.47. The van der Waals surface area contributed by atoms with E-state index in [1.807, 2.05) is 11.9 Å². The molecular weight excluding hydrogens is 584 g/mol. The van der Waals surface area contributed by atoms with Crippen molar-refractivity contribution >= 4 is 10.0 Å². The summed E-state index contributed by atoms with van der Waals surface area (Å²) in [4.78, 5) is 14.2. The molecule has 2 aromatic heterocycles. The molecule has 0 bridgehead atoms. The minimum absolute atomic E-state index is 0.0354. The molecule has 1 saturated heterocycles. The summed E-state index contributed by atoms with van der Waals surface area (Å²) < 4.78 is 108. The number of benzene rings is 2. The van der Waals surface area contributed by atoms with E-state index in [9.17, 15) is 34.8 Å². The molecule has 0 spiro atoms. The fourth-order valence-corrected chi connectivity index (χ4v) is 5.89. The van der Waals surface area contributed by atoms with Crippen LogP contribution in [0, 0.1) is 0 Å². The van der Waals surface area contributed by atoms with Gasteiger partial charge in [-0.15, -0.1) is 0 Å². The van der Waals surface area contributed by atoms with Crippen molar-refractivity contribution in [2.24, 2.45) is 0 Å². The number of hydrogen-bond acceptors (Lipinski definition) is 6. The first-order valence-corrected chi connectivity index (χ1v) is 14.1. The fraction of sp³-hybridized carbons (Fsp3) is 0.250. The first-order chi connectivity index (χ1) is 19.7. The van der Waals surface area contributed by atoms with Crippen molar-refractivity contribution in [2.45, 2.75) is 17.2 Å². The van der Waals surface area contributed by atoms with Crippen molar-refractivity contribution in [1.29, 1.82) is 0 Å². The van der Waals surface area contributed by atoms with Gasteiger partial charge in [0.1, 0.15) is 5.69 Å². The first-order valence-electron chi connectivity index (χ1n) is 12.6. The van der Waals surface area contributed by atoms with Crippen LogP contribution in [0.4, 0.5) is 26.3 Å². The fourth-order valence-electron chi connectivity index (χ4n) is 4.42. The summed E-state index contributed by atoms with van der Waals surface area (Å²) >= 11 is 0.